The number of aromatic nitrogens is 1. The van der Waals surface area contributed by atoms with Crippen molar-refractivity contribution in [2.24, 2.45) is 0 Å². The average Bonchev–Trinajstić information content (AvgIpc) is 2.34. The van der Waals surface area contributed by atoms with Gasteiger partial charge in [0.15, 0.2) is 12.4 Å². The molecule has 0 saturated heterocycles. The second-order valence-corrected chi connectivity index (χ2v) is 5.00. The number of pyridine rings is 1. The van der Waals surface area contributed by atoms with Gasteiger partial charge in [-0.3, -0.25) is 0 Å². The first kappa shape index (κ1) is 14.2. The van der Waals surface area contributed by atoms with Crippen LogP contribution < -0.4 is 4.57 Å². The van der Waals surface area contributed by atoms with E-state index in [1.807, 2.05) is 0 Å². The number of nitrogens with zero attached hydrogens (tertiary/aromatic N) is 1. The van der Waals surface area contributed by atoms with Crippen molar-refractivity contribution in [3.8, 4) is 0 Å². The van der Waals surface area contributed by atoms with E-state index in [1.165, 1.54) is 56.1 Å². The molecule has 1 nitrogen and oxygen atoms in total. The van der Waals surface area contributed by atoms with Crippen LogP contribution in [0.3, 0.4) is 0 Å². The number of rotatable bonds is 8. The van der Waals surface area contributed by atoms with E-state index >= 15 is 0 Å². The van der Waals surface area contributed by atoms with Crippen LogP contribution in [-0.4, -0.2) is 0 Å². The van der Waals surface area contributed by atoms with E-state index in [4.69, 9.17) is 0 Å². The Labute approximate surface area is 107 Å². The number of unbranched alkanes of at least 4 members (excludes halogenated alkanes) is 2. The van der Waals surface area contributed by atoms with Gasteiger partial charge in [-0.05, 0) is 31.7 Å². The number of aryl methyl sites for hydroxylation is 3. The predicted octanol–water partition coefficient (Wildman–Crippen LogP) is 4.07. The highest BCUT2D eigenvalue weighted by Gasteiger charge is 2.06. The Balaban J connectivity index is 2.76. The van der Waals surface area contributed by atoms with Crippen LogP contribution in [0.1, 0.15) is 64.0 Å². The van der Waals surface area contributed by atoms with Crippen LogP contribution in [0.4, 0.5) is 0 Å². The van der Waals surface area contributed by atoms with E-state index in [2.05, 4.69) is 43.8 Å². The number of hydrogen-bond acceptors (Lipinski definition) is 0. The van der Waals surface area contributed by atoms with E-state index in [9.17, 15) is 0 Å². The van der Waals surface area contributed by atoms with Crippen molar-refractivity contribution in [3.63, 3.8) is 0 Å². The Morgan fingerprint density at radius 1 is 0.824 bits per heavy atom. The first-order chi connectivity index (χ1) is 8.30. The van der Waals surface area contributed by atoms with Gasteiger partial charge in [-0.2, -0.15) is 0 Å². The van der Waals surface area contributed by atoms with Gasteiger partial charge in [0.25, 0.3) is 0 Å². The van der Waals surface area contributed by atoms with Gasteiger partial charge in [-0.1, -0.05) is 33.6 Å². The van der Waals surface area contributed by atoms with Crippen LogP contribution in [-0.2, 0) is 19.4 Å². The van der Waals surface area contributed by atoms with E-state index < -0.39 is 0 Å². The summed E-state index contributed by atoms with van der Waals surface area (Å²) in [5.74, 6) is 0. The fourth-order valence-corrected chi connectivity index (χ4v) is 2.20. The molecule has 0 unspecified atom stereocenters. The highest BCUT2D eigenvalue weighted by molar-refractivity contribution is 5.15. The van der Waals surface area contributed by atoms with Crippen LogP contribution in [0.2, 0.25) is 0 Å². The molecule has 0 aromatic carbocycles. The van der Waals surface area contributed by atoms with Crippen molar-refractivity contribution in [1.29, 1.82) is 0 Å². The van der Waals surface area contributed by atoms with Crippen molar-refractivity contribution in [2.45, 2.75) is 72.3 Å². The molecule has 1 heterocycles. The maximum absolute atomic E-state index is 2.41. The first-order valence-electron chi connectivity index (χ1n) is 7.32. The molecular weight excluding hydrogens is 206 g/mol. The normalized spacial score (nSPS) is 10.8. The van der Waals surface area contributed by atoms with Crippen molar-refractivity contribution in [3.05, 3.63) is 29.6 Å². The summed E-state index contributed by atoms with van der Waals surface area (Å²) in [4.78, 5) is 0. The van der Waals surface area contributed by atoms with Crippen molar-refractivity contribution < 1.29 is 4.57 Å². The highest BCUT2D eigenvalue weighted by atomic mass is 14.9. The van der Waals surface area contributed by atoms with E-state index in [0.717, 1.165) is 6.54 Å². The first-order valence-corrected chi connectivity index (χ1v) is 7.32. The fourth-order valence-electron chi connectivity index (χ4n) is 2.20. The fraction of sp³-hybridized carbons (Fsp3) is 0.688. The third-order valence-electron chi connectivity index (χ3n) is 3.15. The molecule has 0 atom stereocenters. The Morgan fingerprint density at radius 3 is 1.76 bits per heavy atom. The van der Waals surface area contributed by atoms with Crippen LogP contribution in [0, 0.1) is 0 Å². The molecule has 96 valence electrons. The molecule has 1 rings (SSSR count). The maximum Gasteiger partial charge on any atom is 0.171 e. The molecule has 0 saturated carbocycles. The SMILES string of the molecule is CCCCc1cc(CCCC)c[n+](CCC)c1. The molecule has 0 fully saturated rings. The third-order valence-corrected chi connectivity index (χ3v) is 3.15. The second-order valence-electron chi connectivity index (χ2n) is 5.00. The third kappa shape index (κ3) is 5.34. The van der Waals surface area contributed by atoms with E-state index in [0.29, 0.717) is 0 Å². The lowest BCUT2D eigenvalue weighted by Crippen LogP contribution is -2.34. The quantitative estimate of drug-likeness (QED) is 0.597. The van der Waals surface area contributed by atoms with Gasteiger partial charge in [0.1, 0.15) is 6.54 Å². The zero-order valence-electron chi connectivity index (χ0n) is 11.8. The average molecular weight is 234 g/mol. The Bertz CT molecular complexity index is 291. The van der Waals surface area contributed by atoms with Crippen LogP contribution in [0.5, 0.6) is 0 Å². The largest absolute Gasteiger partial charge is 0.205 e. The summed E-state index contributed by atoms with van der Waals surface area (Å²) in [6.07, 6.45) is 13.6. The smallest absolute Gasteiger partial charge is 0.171 e. The summed E-state index contributed by atoms with van der Waals surface area (Å²) in [6, 6.07) is 2.41. The molecule has 1 aromatic heterocycles. The summed E-state index contributed by atoms with van der Waals surface area (Å²) in [5.41, 5.74) is 3.04. The minimum Gasteiger partial charge on any atom is -0.205 e. The standard InChI is InChI=1S/C16H28N/c1-4-7-9-15-12-16(10-8-5-2)14-17(13-15)11-6-3/h12-14H,4-11H2,1-3H3/q+1. The van der Waals surface area contributed by atoms with E-state index in [-0.39, 0.29) is 0 Å². The lowest BCUT2D eigenvalue weighted by molar-refractivity contribution is -0.697. The minimum absolute atomic E-state index is 1.15. The topological polar surface area (TPSA) is 3.88 Å². The van der Waals surface area contributed by atoms with Gasteiger partial charge in [0.05, 0.1) is 0 Å². The van der Waals surface area contributed by atoms with Gasteiger partial charge in [-0.15, -0.1) is 0 Å². The molecule has 1 heteroatoms. The molecule has 0 aliphatic rings. The Kier molecular flexibility index (Phi) is 6.91. The van der Waals surface area contributed by atoms with Crippen LogP contribution in [0.25, 0.3) is 0 Å². The molecule has 0 amide bonds. The Hall–Kier alpha value is -0.850. The summed E-state index contributed by atoms with van der Waals surface area (Å²) in [6.45, 7) is 7.93. The highest BCUT2D eigenvalue weighted by Crippen LogP contribution is 2.09. The lowest BCUT2D eigenvalue weighted by Gasteiger charge is -2.04. The zero-order valence-corrected chi connectivity index (χ0v) is 11.8. The van der Waals surface area contributed by atoms with Crippen LogP contribution >= 0.6 is 0 Å². The molecule has 0 spiro atoms. The minimum atomic E-state index is 1.15. The van der Waals surface area contributed by atoms with Crippen molar-refractivity contribution >= 4 is 0 Å². The van der Waals surface area contributed by atoms with Crippen LogP contribution in [0.15, 0.2) is 18.5 Å². The maximum atomic E-state index is 2.41. The van der Waals surface area contributed by atoms with Gasteiger partial charge < -0.3 is 0 Å². The van der Waals surface area contributed by atoms with Gasteiger partial charge >= 0.3 is 0 Å². The molecule has 17 heavy (non-hydrogen) atoms. The molecule has 0 aliphatic heterocycles. The second kappa shape index (κ2) is 8.27. The van der Waals surface area contributed by atoms with Crippen molar-refractivity contribution in [1.82, 2.24) is 0 Å². The molecule has 0 radical (unpaired) electrons. The van der Waals surface area contributed by atoms with E-state index in [1.54, 1.807) is 0 Å². The number of hydrogen-bond donors (Lipinski definition) is 0. The van der Waals surface area contributed by atoms with Gasteiger partial charge in [0, 0.05) is 17.5 Å². The van der Waals surface area contributed by atoms with Gasteiger partial charge in [0.2, 0.25) is 0 Å². The van der Waals surface area contributed by atoms with Crippen molar-refractivity contribution in [2.75, 3.05) is 0 Å². The summed E-state index contributed by atoms with van der Waals surface area (Å²) in [7, 11) is 0. The van der Waals surface area contributed by atoms with Gasteiger partial charge in [-0.25, -0.2) is 4.57 Å². The predicted molar refractivity (Wildman–Crippen MR) is 74.2 cm³/mol. The molecule has 1 aromatic rings. The lowest BCUT2D eigenvalue weighted by atomic mass is 10.1. The summed E-state index contributed by atoms with van der Waals surface area (Å²) < 4.78 is 2.38. The molecular formula is C16H28N+. The Morgan fingerprint density at radius 2 is 1.35 bits per heavy atom. The monoisotopic (exact) mass is 234 g/mol. The zero-order chi connectivity index (χ0) is 12.5. The molecule has 0 aliphatic carbocycles. The molecule has 0 N–H and O–H groups in total. The summed E-state index contributed by atoms with van der Waals surface area (Å²) in [5, 5.41) is 0. The molecule has 0 bridgehead atoms. The summed E-state index contributed by atoms with van der Waals surface area (Å²) >= 11 is 0.